The van der Waals surface area contributed by atoms with Crippen molar-refractivity contribution in [3.8, 4) is 0 Å². The van der Waals surface area contributed by atoms with Gasteiger partial charge < -0.3 is 10.6 Å². The third kappa shape index (κ3) is 8.26. The minimum atomic E-state index is -4.46. The maximum absolute atomic E-state index is 12.6. The van der Waals surface area contributed by atoms with E-state index in [9.17, 15) is 22.8 Å². The van der Waals surface area contributed by atoms with Gasteiger partial charge in [-0.05, 0) is 69.2 Å². The van der Waals surface area contributed by atoms with Crippen LogP contribution >= 0.6 is 0 Å². The molecule has 4 nitrogen and oxygen atoms in total. The molecule has 190 valence electrons. The normalized spacial score (nSPS) is 13.8. The van der Waals surface area contributed by atoms with Crippen molar-refractivity contribution >= 4 is 23.2 Å². The van der Waals surface area contributed by atoms with Gasteiger partial charge in [0.1, 0.15) is 0 Å². The van der Waals surface area contributed by atoms with E-state index in [1.165, 1.54) is 37.0 Å². The Morgan fingerprint density at radius 3 is 1.81 bits per heavy atom. The SMILES string of the molecule is Cc1ccc(NC(=O)C2CCCCC2)cc1.Cc1ccc(NC(=O)c2cccc(C(F)(F)F)c2)cc1. The number of amides is 2. The van der Waals surface area contributed by atoms with Crippen LogP contribution in [0, 0.1) is 19.8 Å². The molecule has 2 N–H and O–H groups in total. The lowest BCUT2D eigenvalue weighted by Gasteiger charge is -2.20. The molecule has 1 aliphatic rings. The minimum Gasteiger partial charge on any atom is -0.326 e. The quantitative estimate of drug-likeness (QED) is 0.387. The lowest BCUT2D eigenvalue weighted by Crippen LogP contribution is -2.24. The number of halogens is 3. The maximum Gasteiger partial charge on any atom is 0.416 e. The Bertz CT molecular complexity index is 1150. The standard InChI is InChI=1S/C15H12F3NO.C14H19NO/c1-10-5-7-13(8-6-10)19-14(20)11-3-2-4-12(9-11)15(16,17)18;1-11-7-9-13(10-8-11)15-14(16)12-5-3-2-4-6-12/h2-9H,1H3,(H,19,20);7-10,12H,2-6H2,1H3,(H,15,16). The van der Waals surface area contributed by atoms with Crippen molar-refractivity contribution in [3.63, 3.8) is 0 Å². The van der Waals surface area contributed by atoms with Gasteiger partial charge in [0.05, 0.1) is 5.56 Å². The summed E-state index contributed by atoms with van der Waals surface area (Å²) in [5.74, 6) is -0.140. The highest BCUT2D eigenvalue weighted by Gasteiger charge is 2.30. The third-order valence-electron chi connectivity index (χ3n) is 6.06. The molecule has 0 radical (unpaired) electrons. The molecule has 0 bridgehead atoms. The molecule has 0 heterocycles. The van der Waals surface area contributed by atoms with Crippen LogP contribution in [0.1, 0.15) is 59.2 Å². The fraction of sp³-hybridized carbons (Fsp3) is 0.310. The average molecular weight is 497 g/mol. The molecule has 7 heteroatoms. The molecule has 0 saturated heterocycles. The summed E-state index contributed by atoms with van der Waals surface area (Å²) in [6, 6.07) is 19.3. The van der Waals surface area contributed by atoms with E-state index in [4.69, 9.17) is 0 Å². The van der Waals surface area contributed by atoms with E-state index in [0.717, 1.165) is 36.2 Å². The van der Waals surface area contributed by atoms with Crippen LogP contribution in [-0.4, -0.2) is 11.8 Å². The first-order chi connectivity index (χ1) is 17.1. The Morgan fingerprint density at radius 2 is 1.28 bits per heavy atom. The lowest BCUT2D eigenvalue weighted by molar-refractivity contribution is -0.137. The second-order valence-electron chi connectivity index (χ2n) is 9.09. The Morgan fingerprint density at radius 1 is 0.750 bits per heavy atom. The molecular formula is C29H31F3N2O2. The molecule has 1 fully saturated rings. The van der Waals surface area contributed by atoms with Crippen LogP contribution < -0.4 is 10.6 Å². The second kappa shape index (κ2) is 12.4. The zero-order valence-electron chi connectivity index (χ0n) is 20.5. The fourth-order valence-corrected chi connectivity index (χ4v) is 3.92. The van der Waals surface area contributed by atoms with E-state index < -0.39 is 17.6 Å². The predicted molar refractivity (Wildman–Crippen MR) is 137 cm³/mol. The van der Waals surface area contributed by atoms with E-state index in [1.54, 1.807) is 12.1 Å². The fourth-order valence-electron chi connectivity index (χ4n) is 3.92. The van der Waals surface area contributed by atoms with Crippen LogP contribution in [0.3, 0.4) is 0 Å². The number of anilines is 2. The highest BCUT2D eigenvalue weighted by Crippen LogP contribution is 2.29. The van der Waals surface area contributed by atoms with Gasteiger partial charge in [-0.25, -0.2) is 0 Å². The van der Waals surface area contributed by atoms with Crippen LogP contribution in [-0.2, 0) is 11.0 Å². The van der Waals surface area contributed by atoms with Gasteiger partial charge in [-0.3, -0.25) is 9.59 Å². The molecule has 0 unspecified atom stereocenters. The average Bonchev–Trinajstić information content (AvgIpc) is 2.87. The Labute approximate surface area is 209 Å². The van der Waals surface area contributed by atoms with Crippen LogP contribution in [0.2, 0.25) is 0 Å². The van der Waals surface area contributed by atoms with Crippen molar-refractivity contribution in [3.05, 3.63) is 95.1 Å². The largest absolute Gasteiger partial charge is 0.416 e. The van der Waals surface area contributed by atoms with Gasteiger partial charge in [0, 0.05) is 22.9 Å². The number of rotatable bonds is 4. The monoisotopic (exact) mass is 496 g/mol. The molecule has 0 aliphatic heterocycles. The first-order valence-electron chi connectivity index (χ1n) is 12.0. The summed E-state index contributed by atoms with van der Waals surface area (Å²) in [7, 11) is 0. The number of hydrogen-bond acceptors (Lipinski definition) is 2. The molecule has 0 atom stereocenters. The first kappa shape index (κ1) is 27.0. The van der Waals surface area contributed by atoms with E-state index in [-0.39, 0.29) is 17.4 Å². The zero-order valence-corrected chi connectivity index (χ0v) is 20.5. The Kier molecular flexibility index (Phi) is 9.28. The molecule has 0 spiro atoms. The molecule has 3 aromatic rings. The molecule has 4 rings (SSSR count). The van der Waals surface area contributed by atoms with Crippen molar-refractivity contribution in [2.75, 3.05) is 10.6 Å². The highest BCUT2D eigenvalue weighted by atomic mass is 19.4. The summed E-state index contributed by atoms with van der Waals surface area (Å²) in [4.78, 5) is 23.8. The van der Waals surface area contributed by atoms with Crippen molar-refractivity contribution in [2.24, 2.45) is 5.92 Å². The number of benzene rings is 3. The van der Waals surface area contributed by atoms with E-state index >= 15 is 0 Å². The molecular weight excluding hydrogens is 465 g/mol. The zero-order chi connectivity index (χ0) is 26.1. The Balaban J connectivity index is 0.000000205. The number of aryl methyl sites for hydroxylation is 2. The van der Waals surface area contributed by atoms with Crippen molar-refractivity contribution in [2.45, 2.75) is 52.1 Å². The summed E-state index contributed by atoms with van der Waals surface area (Å²) >= 11 is 0. The van der Waals surface area contributed by atoms with Gasteiger partial charge in [0.2, 0.25) is 5.91 Å². The van der Waals surface area contributed by atoms with Crippen LogP contribution in [0.5, 0.6) is 0 Å². The van der Waals surface area contributed by atoms with E-state index in [2.05, 4.69) is 10.6 Å². The number of carbonyl (C=O) groups is 2. The first-order valence-corrected chi connectivity index (χ1v) is 12.0. The molecule has 36 heavy (non-hydrogen) atoms. The maximum atomic E-state index is 12.6. The predicted octanol–water partition coefficient (Wildman–Crippen LogP) is 7.78. The number of carbonyl (C=O) groups excluding carboxylic acids is 2. The van der Waals surface area contributed by atoms with Crippen LogP contribution in [0.15, 0.2) is 72.8 Å². The number of nitrogens with one attached hydrogen (secondary N) is 2. The summed E-state index contributed by atoms with van der Waals surface area (Å²) in [6.07, 6.45) is 1.34. The van der Waals surface area contributed by atoms with E-state index in [1.807, 2.05) is 50.2 Å². The van der Waals surface area contributed by atoms with Crippen LogP contribution in [0.25, 0.3) is 0 Å². The van der Waals surface area contributed by atoms with Gasteiger partial charge in [0.25, 0.3) is 5.91 Å². The van der Waals surface area contributed by atoms with Gasteiger partial charge in [0.15, 0.2) is 0 Å². The summed E-state index contributed by atoms with van der Waals surface area (Å²) in [6.45, 7) is 3.95. The lowest BCUT2D eigenvalue weighted by atomic mass is 9.88. The third-order valence-corrected chi connectivity index (χ3v) is 6.06. The van der Waals surface area contributed by atoms with E-state index in [0.29, 0.717) is 5.69 Å². The molecule has 2 amide bonds. The van der Waals surface area contributed by atoms with Gasteiger partial charge in [-0.1, -0.05) is 60.7 Å². The number of hydrogen-bond donors (Lipinski definition) is 2. The summed E-state index contributed by atoms with van der Waals surface area (Å²) in [5.41, 5.74) is 2.84. The summed E-state index contributed by atoms with van der Waals surface area (Å²) < 4.78 is 37.7. The van der Waals surface area contributed by atoms with Crippen molar-refractivity contribution in [1.82, 2.24) is 0 Å². The minimum absolute atomic E-state index is 0.0274. The smallest absolute Gasteiger partial charge is 0.326 e. The van der Waals surface area contributed by atoms with Gasteiger partial charge >= 0.3 is 6.18 Å². The number of alkyl halides is 3. The Hall–Kier alpha value is -3.61. The van der Waals surface area contributed by atoms with Crippen molar-refractivity contribution < 1.29 is 22.8 Å². The topological polar surface area (TPSA) is 58.2 Å². The van der Waals surface area contributed by atoms with Gasteiger partial charge in [-0.15, -0.1) is 0 Å². The summed E-state index contributed by atoms with van der Waals surface area (Å²) in [5, 5.41) is 5.56. The highest BCUT2D eigenvalue weighted by molar-refractivity contribution is 6.04. The molecule has 1 saturated carbocycles. The molecule has 1 aliphatic carbocycles. The van der Waals surface area contributed by atoms with Crippen LogP contribution in [0.4, 0.5) is 24.5 Å². The molecule has 0 aromatic heterocycles. The van der Waals surface area contributed by atoms with Crippen molar-refractivity contribution in [1.29, 1.82) is 0 Å². The molecule has 3 aromatic carbocycles. The van der Waals surface area contributed by atoms with Gasteiger partial charge in [-0.2, -0.15) is 13.2 Å². The second-order valence-corrected chi connectivity index (χ2v) is 9.09.